The lowest BCUT2D eigenvalue weighted by atomic mass is 10.1. The third kappa shape index (κ3) is 3.97. The summed E-state index contributed by atoms with van der Waals surface area (Å²) in [4.78, 5) is 16.5. The van der Waals surface area contributed by atoms with Crippen molar-refractivity contribution in [3.8, 4) is 11.4 Å². The number of hydrogen-bond donors (Lipinski definition) is 1. The van der Waals surface area contributed by atoms with Gasteiger partial charge in [-0.3, -0.25) is 10.1 Å². The summed E-state index contributed by atoms with van der Waals surface area (Å²) in [6, 6.07) is 4.42. The van der Waals surface area contributed by atoms with E-state index < -0.39 is 17.6 Å². The Bertz CT molecular complexity index is 903. The van der Waals surface area contributed by atoms with Gasteiger partial charge in [0.1, 0.15) is 6.54 Å². The fourth-order valence-corrected chi connectivity index (χ4v) is 1.90. The van der Waals surface area contributed by atoms with Crippen molar-refractivity contribution in [1.82, 2.24) is 30.3 Å². The van der Waals surface area contributed by atoms with Crippen molar-refractivity contribution in [2.75, 3.05) is 5.32 Å². The molecule has 0 aliphatic rings. The minimum absolute atomic E-state index is 0.0347. The van der Waals surface area contributed by atoms with Crippen molar-refractivity contribution in [3.63, 3.8) is 0 Å². The number of aromatic nitrogens is 6. The van der Waals surface area contributed by atoms with Crippen LogP contribution in [0, 0.1) is 6.92 Å². The lowest BCUT2D eigenvalue weighted by Gasteiger charge is -2.06. The Labute approximate surface area is 137 Å². The van der Waals surface area contributed by atoms with E-state index in [1.807, 2.05) is 0 Å². The molecule has 2 aromatic heterocycles. The van der Waals surface area contributed by atoms with Gasteiger partial charge in [-0.05, 0) is 24.3 Å². The maximum atomic E-state index is 12.7. The molecule has 2 heterocycles. The maximum absolute atomic E-state index is 12.7. The summed E-state index contributed by atoms with van der Waals surface area (Å²) in [5.41, 5.74) is -0.695. The number of tetrazole rings is 1. The molecule has 0 saturated carbocycles. The summed E-state index contributed by atoms with van der Waals surface area (Å²) in [6.07, 6.45) is -4.48. The lowest BCUT2D eigenvalue weighted by molar-refractivity contribution is -0.137. The van der Waals surface area contributed by atoms with Crippen LogP contribution in [0.3, 0.4) is 0 Å². The highest BCUT2D eigenvalue weighted by atomic mass is 19.4. The van der Waals surface area contributed by atoms with Crippen LogP contribution in [0.25, 0.3) is 11.4 Å². The molecule has 0 bridgehead atoms. The Morgan fingerprint density at radius 1 is 1.36 bits per heavy atom. The molecular formula is C13H10F3N7O2. The van der Waals surface area contributed by atoms with Gasteiger partial charge >= 0.3 is 12.2 Å². The van der Waals surface area contributed by atoms with E-state index in [2.05, 4.69) is 30.9 Å². The van der Waals surface area contributed by atoms with Gasteiger partial charge in [0.05, 0.1) is 5.56 Å². The van der Waals surface area contributed by atoms with Crippen molar-refractivity contribution in [2.24, 2.45) is 0 Å². The molecule has 12 heteroatoms. The highest BCUT2D eigenvalue weighted by Gasteiger charge is 2.30. The van der Waals surface area contributed by atoms with Crippen LogP contribution in [0.1, 0.15) is 11.4 Å². The average molecular weight is 353 g/mol. The van der Waals surface area contributed by atoms with E-state index >= 15 is 0 Å². The van der Waals surface area contributed by atoms with Crippen molar-refractivity contribution in [3.05, 3.63) is 35.7 Å². The second-order valence-corrected chi connectivity index (χ2v) is 4.92. The fourth-order valence-electron chi connectivity index (χ4n) is 1.90. The van der Waals surface area contributed by atoms with Gasteiger partial charge in [-0.15, -0.1) is 10.2 Å². The second-order valence-electron chi connectivity index (χ2n) is 4.92. The van der Waals surface area contributed by atoms with Crippen LogP contribution >= 0.6 is 0 Å². The van der Waals surface area contributed by atoms with E-state index in [9.17, 15) is 18.0 Å². The number of anilines is 1. The molecule has 0 spiro atoms. The Balaban J connectivity index is 1.71. The third-order valence-corrected chi connectivity index (χ3v) is 2.96. The van der Waals surface area contributed by atoms with Gasteiger partial charge in [0, 0.05) is 5.56 Å². The summed E-state index contributed by atoms with van der Waals surface area (Å²) in [5.74, 6) is -0.245. The van der Waals surface area contributed by atoms with E-state index in [1.54, 1.807) is 6.92 Å². The number of carbonyl (C=O) groups is 1. The molecule has 0 fully saturated rings. The molecule has 0 radical (unpaired) electrons. The quantitative estimate of drug-likeness (QED) is 0.759. The van der Waals surface area contributed by atoms with Gasteiger partial charge in [0.25, 0.3) is 5.91 Å². The first-order valence-electron chi connectivity index (χ1n) is 6.87. The molecule has 25 heavy (non-hydrogen) atoms. The number of carbonyl (C=O) groups excluding carboxylic acids is 1. The number of nitrogens with zero attached hydrogens (tertiary/aromatic N) is 6. The summed E-state index contributed by atoms with van der Waals surface area (Å²) in [7, 11) is 0. The largest absolute Gasteiger partial charge is 0.416 e. The topological polar surface area (TPSA) is 112 Å². The van der Waals surface area contributed by atoms with Crippen molar-refractivity contribution >= 4 is 11.9 Å². The lowest BCUT2D eigenvalue weighted by Crippen LogP contribution is -2.20. The SMILES string of the molecule is Cc1noc(NC(=O)Cn2nnc(-c3cccc(C(F)(F)F)c3)n2)n1. The van der Waals surface area contributed by atoms with Crippen LogP contribution in [0.15, 0.2) is 28.8 Å². The molecule has 1 amide bonds. The van der Waals surface area contributed by atoms with E-state index in [1.165, 1.54) is 12.1 Å². The zero-order valence-corrected chi connectivity index (χ0v) is 12.7. The second kappa shape index (κ2) is 6.30. The van der Waals surface area contributed by atoms with Gasteiger partial charge in [-0.25, -0.2) is 0 Å². The van der Waals surface area contributed by atoms with Crippen molar-refractivity contribution < 1.29 is 22.5 Å². The average Bonchev–Trinajstić information content (AvgIpc) is 3.16. The molecule has 3 aromatic rings. The van der Waals surface area contributed by atoms with Gasteiger partial charge in [0.2, 0.25) is 5.82 Å². The standard InChI is InChI=1S/C13H10F3N7O2/c1-7-17-12(25-21-7)18-10(24)6-23-20-11(19-22-23)8-3-2-4-9(5-8)13(14,15)16/h2-5H,6H2,1H3,(H,17,18,21,24). The van der Waals surface area contributed by atoms with Crippen molar-refractivity contribution in [2.45, 2.75) is 19.6 Å². The van der Waals surface area contributed by atoms with Gasteiger partial charge in [-0.2, -0.15) is 23.0 Å². The number of hydrogen-bond acceptors (Lipinski definition) is 7. The highest BCUT2D eigenvalue weighted by Crippen LogP contribution is 2.31. The molecule has 130 valence electrons. The number of amides is 1. The molecule has 3 rings (SSSR count). The number of nitrogens with one attached hydrogen (secondary N) is 1. The van der Waals surface area contributed by atoms with Crippen LogP contribution in [-0.4, -0.2) is 36.3 Å². The fraction of sp³-hybridized carbons (Fsp3) is 0.231. The van der Waals surface area contributed by atoms with Crippen LogP contribution in [0.2, 0.25) is 0 Å². The third-order valence-electron chi connectivity index (χ3n) is 2.96. The molecule has 1 aromatic carbocycles. The van der Waals surface area contributed by atoms with E-state index in [-0.39, 0.29) is 23.9 Å². The van der Waals surface area contributed by atoms with Gasteiger partial charge < -0.3 is 4.52 Å². The number of halogens is 3. The molecule has 1 N–H and O–H groups in total. The zero-order valence-electron chi connectivity index (χ0n) is 12.7. The smallest absolute Gasteiger partial charge is 0.315 e. The molecule has 0 atom stereocenters. The predicted molar refractivity (Wildman–Crippen MR) is 75.9 cm³/mol. The molecular weight excluding hydrogens is 343 g/mol. The Hall–Kier alpha value is -3.31. The van der Waals surface area contributed by atoms with Crippen LogP contribution in [0.5, 0.6) is 0 Å². The molecule has 0 unspecified atom stereocenters. The predicted octanol–water partition coefficient (Wildman–Crippen LogP) is 1.69. The Morgan fingerprint density at radius 3 is 2.84 bits per heavy atom. The first-order valence-corrected chi connectivity index (χ1v) is 6.87. The number of benzene rings is 1. The molecule has 0 saturated heterocycles. The summed E-state index contributed by atoms with van der Waals surface area (Å²) in [5, 5.41) is 17.0. The zero-order chi connectivity index (χ0) is 18.0. The first kappa shape index (κ1) is 16.5. The molecule has 9 nitrogen and oxygen atoms in total. The van der Waals surface area contributed by atoms with Crippen molar-refractivity contribution in [1.29, 1.82) is 0 Å². The highest BCUT2D eigenvalue weighted by molar-refractivity contribution is 5.88. The summed E-state index contributed by atoms with van der Waals surface area (Å²) in [6.45, 7) is 1.26. The molecule has 0 aliphatic heterocycles. The minimum atomic E-state index is -4.48. The minimum Gasteiger partial charge on any atom is -0.315 e. The van der Waals surface area contributed by atoms with E-state index in [4.69, 9.17) is 4.52 Å². The van der Waals surface area contributed by atoms with Crippen LogP contribution in [-0.2, 0) is 17.5 Å². The normalized spacial score (nSPS) is 11.5. The summed E-state index contributed by atoms with van der Waals surface area (Å²) < 4.78 is 42.9. The van der Waals surface area contributed by atoms with Crippen LogP contribution in [0.4, 0.5) is 19.2 Å². The number of rotatable bonds is 4. The van der Waals surface area contributed by atoms with E-state index in [0.29, 0.717) is 5.82 Å². The Kier molecular flexibility index (Phi) is 4.17. The Morgan fingerprint density at radius 2 is 2.16 bits per heavy atom. The number of alkyl halides is 3. The first-order chi connectivity index (χ1) is 11.8. The van der Waals surface area contributed by atoms with Gasteiger partial charge in [-0.1, -0.05) is 17.3 Å². The molecule has 0 aliphatic carbocycles. The van der Waals surface area contributed by atoms with Gasteiger partial charge in [0.15, 0.2) is 5.82 Å². The van der Waals surface area contributed by atoms with E-state index in [0.717, 1.165) is 16.9 Å². The monoisotopic (exact) mass is 353 g/mol. The summed E-state index contributed by atoms with van der Waals surface area (Å²) >= 11 is 0. The maximum Gasteiger partial charge on any atom is 0.416 e. The van der Waals surface area contributed by atoms with Crippen LogP contribution < -0.4 is 5.32 Å². The number of aryl methyl sites for hydroxylation is 1.